The molecule has 3 atom stereocenters. The van der Waals surface area contributed by atoms with E-state index in [0.717, 1.165) is 38.5 Å². The maximum absolute atomic E-state index is 12.7. The number of esters is 1. The molecule has 1 unspecified atom stereocenters. The number of phosphoric acid groups is 1. The first-order valence-electron chi connectivity index (χ1n) is 29.1. The average molecular weight is 974 g/mol. The fourth-order valence-corrected chi connectivity index (χ4v) is 9.68. The molecule has 0 amide bonds. The molecule has 0 saturated carbocycles. The van der Waals surface area contributed by atoms with E-state index in [4.69, 9.17) is 29.4 Å². The van der Waals surface area contributed by atoms with Gasteiger partial charge in [0.2, 0.25) is 0 Å². The van der Waals surface area contributed by atoms with Crippen molar-refractivity contribution in [3.63, 3.8) is 0 Å². The molecule has 0 aromatic rings. The molecule has 400 valence electrons. The van der Waals surface area contributed by atoms with E-state index in [2.05, 4.69) is 13.8 Å². The molecule has 0 aliphatic rings. The maximum Gasteiger partial charge on any atom is 0.472 e. The minimum Gasteiger partial charge on any atom is -0.480 e. The van der Waals surface area contributed by atoms with Crippen LogP contribution in [0.3, 0.4) is 0 Å². The second-order valence-electron chi connectivity index (χ2n) is 20.1. The summed E-state index contributed by atoms with van der Waals surface area (Å²) in [4.78, 5) is 33.7. The Morgan fingerprint density at radius 2 is 0.687 bits per heavy atom. The monoisotopic (exact) mass is 974 g/mol. The molecule has 0 aromatic heterocycles. The van der Waals surface area contributed by atoms with Gasteiger partial charge in [-0.05, 0) is 12.8 Å². The van der Waals surface area contributed by atoms with Gasteiger partial charge in [0.15, 0.2) is 0 Å². The fraction of sp³-hybridized carbons (Fsp3) is 0.964. The Kier molecular flexibility index (Phi) is 52.0. The second-order valence-corrected chi connectivity index (χ2v) is 21.6. The molecule has 0 saturated heterocycles. The molecule has 67 heavy (non-hydrogen) atoms. The summed E-state index contributed by atoms with van der Waals surface area (Å²) in [6.45, 7) is 3.95. The summed E-state index contributed by atoms with van der Waals surface area (Å²) in [6.07, 6.45) is 59.2. The van der Waals surface area contributed by atoms with Crippen LogP contribution in [0.4, 0.5) is 0 Å². The number of rotatable bonds is 57. The number of carboxylic acids is 1. The Hall–Kier alpha value is -1.03. The number of ether oxygens (including phenoxy) is 2. The van der Waals surface area contributed by atoms with E-state index >= 15 is 0 Å². The van der Waals surface area contributed by atoms with Crippen molar-refractivity contribution in [3.05, 3.63) is 0 Å². The third kappa shape index (κ3) is 52.6. The van der Waals surface area contributed by atoms with Crippen LogP contribution in [0, 0.1) is 0 Å². The van der Waals surface area contributed by atoms with Crippen molar-refractivity contribution < 1.29 is 42.7 Å². The van der Waals surface area contributed by atoms with E-state index in [1.807, 2.05) is 0 Å². The third-order valence-corrected chi connectivity index (χ3v) is 14.3. The molecule has 0 heterocycles. The Bertz CT molecular complexity index is 1080. The molecule has 0 aliphatic carbocycles. The number of carbonyl (C=O) groups is 2. The van der Waals surface area contributed by atoms with E-state index in [-0.39, 0.29) is 13.0 Å². The highest BCUT2D eigenvalue weighted by atomic mass is 31.2. The zero-order valence-electron chi connectivity index (χ0n) is 44.3. The minimum atomic E-state index is -4.61. The zero-order chi connectivity index (χ0) is 49.0. The molecule has 4 N–H and O–H groups in total. The van der Waals surface area contributed by atoms with Crippen LogP contribution in [0.5, 0.6) is 0 Å². The lowest BCUT2D eigenvalue weighted by Gasteiger charge is -2.20. The summed E-state index contributed by atoms with van der Waals surface area (Å²) in [6, 6.07) is -1.47. The number of carboxylic acid groups (broad SMARTS) is 1. The van der Waals surface area contributed by atoms with Crippen molar-refractivity contribution in [2.45, 2.75) is 321 Å². The third-order valence-electron chi connectivity index (χ3n) is 13.4. The fourth-order valence-electron chi connectivity index (χ4n) is 8.90. The van der Waals surface area contributed by atoms with E-state index < -0.39 is 45.1 Å². The second kappa shape index (κ2) is 52.8. The highest BCUT2D eigenvalue weighted by molar-refractivity contribution is 7.47. The predicted octanol–water partition coefficient (Wildman–Crippen LogP) is 17.4. The smallest absolute Gasteiger partial charge is 0.472 e. The number of phosphoric ester groups is 1. The van der Waals surface area contributed by atoms with E-state index in [9.17, 15) is 19.0 Å². The van der Waals surface area contributed by atoms with Crippen molar-refractivity contribution in [2.24, 2.45) is 5.73 Å². The van der Waals surface area contributed by atoms with E-state index in [1.54, 1.807) is 0 Å². The maximum atomic E-state index is 12.7. The molecule has 0 bridgehead atoms. The zero-order valence-corrected chi connectivity index (χ0v) is 45.2. The van der Waals surface area contributed by atoms with Gasteiger partial charge in [-0.1, -0.05) is 290 Å². The number of nitrogens with two attached hydrogens (primary N) is 1. The van der Waals surface area contributed by atoms with Gasteiger partial charge < -0.3 is 25.2 Å². The molecule has 10 nitrogen and oxygen atoms in total. The topological polar surface area (TPSA) is 155 Å². The van der Waals surface area contributed by atoms with Crippen LogP contribution in [-0.4, -0.2) is 60.5 Å². The lowest BCUT2D eigenvalue weighted by molar-refractivity contribution is -0.154. The Balaban J connectivity index is 3.82. The Labute approximate surface area is 414 Å². The number of hydrogen-bond donors (Lipinski definition) is 3. The molecule has 0 radical (unpaired) electrons. The van der Waals surface area contributed by atoms with Crippen LogP contribution >= 0.6 is 7.82 Å². The van der Waals surface area contributed by atoms with Gasteiger partial charge in [-0.25, -0.2) is 4.57 Å². The molecular weight excluding hydrogens is 862 g/mol. The van der Waals surface area contributed by atoms with E-state index in [0.29, 0.717) is 6.61 Å². The molecule has 0 fully saturated rings. The van der Waals surface area contributed by atoms with Gasteiger partial charge in [-0.3, -0.25) is 18.6 Å². The van der Waals surface area contributed by atoms with Crippen molar-refractivity contribution in [1.29, 1.82) is 0 Å². The first kappa shape index (κ1) is 66.0. The van der Waals surface area contributed by atoms with Gasteiger partial charge in [0.25, 0.3) is 0 Å². The summed E-state index contributed by atoms with van der Waals surface area (Å²) >= 11 is 0. The van der Waals surface area contributed by atoms with Crippen LogP contribution in [0.2, 0.25) is 0 Å². The minimum absolute atomic E-state index is 0.0259. The van der Waals surface area contributed by atoms with Crippen LogP contribution in [-0.2, 0) is 32.7 Å². The Morgan fingerprint density at radius 3 is 0.985 bits per heavy atom. The standard InChI is InChI=1S/C56H112NO9P/c1-3-5-7-9-11-13-15-17-18-19-20-21-22-23-24-25-26-27-28-29-30-31-32-33-34-35-36-37-38-40-42-44-46-48-55(58)66-53(51-64-67(61,62)65-52-54(57)56(59)60)50-63-49-47-45-43-41-39-16-14-12-10-8-6-4-2/h53-54H,3-52,57H2,1-2H3,(H,59,60)(H,61,62)/t53-,54+/m1/s1. The summed E-state index contributed by atoms with van der Waals surface area (Å²) in [5, 5.41) is 8.93. The normalized spacial score (nSPS) is 13.5. The lowest BCUT2D eigenvalue weighted by atomic mass is 10.0. The van der Waals surface area contributed by atoms with E-state index in [1.165, 1.54) is 250 Å². The van der Waals surface area contributed by atoms with Gasteiger partial charge in [0.05, 0.1) is 19.8 Å². The average Bonchev–Trinajstić information content (AvgIpc) is 3.31. The molecular formula is C56H112NO9P. The first-order valence-corrected chi connectivity index (χ1v) is 30.6. The van der Waals surface area contributed by atoms with Crippen molar-refractivity contribution in [1.82, 2.24) is 0 Å². The first-order chi connectivity index (χ1) is 32.7. The summed E-state index contributed by atoms with van der Waals surface area (Å²) in [7, 11) is -4.61. The van der Waals surface area contributed by atoms with Gasteiger partial charge in [-0.15, -0.1) is 0 Å². The number of hydrogen-bond acceptors (Lipinski definition) is 8. The van der Waals surface area contributed by atoms with Crippen LogP contribution < -0.4 is 5.73 Å². The Morgan fingerprint density at radius 1 is 0.418 bits per heavy atom. The number of unbranched alkanes of at least 4 members (excludes halogenated alkanes) is 43. The summed E-state index contributed by atoms with van der Waals surface area (Å²) in [5.41, 5.74) is 5.38. The van der Waals surface area contributed by atoms with Crippen molar-refractivity contribution in [3.8, 4) is 0 Å². The number of aliphatic carboxylic acids is 1. The molecule has 0 aromatic carbocycles. The van der Waals surface area contributed by atoms with Crippen LogP contribution in [0.25, 0.3) is 0 Å². The highest BCUT2D eigenvalue weighted by Crippen LogP contribution is 2.43. The molecule has 11 heteroatoms. The van der Waals surface area contributed by atoms with Gasteiger partial charge in [-0.2, -0.15) is 0 Å². The van der Waals surface area contributed by atoms with Gasteiger partial charge >= 0.3 is 19.8 Å². The predicted molar refractivity (Wildman–Crippen MR) is 282 cm³/mol. The van der Waals surface area contributed by atoms with Crippen LogP contribution in [0.1, 0.15) is 309 Å². The lowest BCUT2D eigenvalue weighted by Crippen LogP contribution is -2.34. The largest absolute Gasteiger partial charge is 0.480 e. The highest BCUT2D eigenvalue weighted by Gasteiger charge is 2.27. The summed E-state index contributed by atoms with van der Waals surface area (Å²) in [5.74, 6) is -1.76. The quantitative estimate of drug-likeness (QED) is 0.0305. The van der Waals surface area contributed by atoms with Crippen molar-refractivity contribution in [2.75, 3.05) is 26.4 Å². The van der Waals surface area contributed by atoms with Crippen molar-refractivity contribution >= 4 is 19.8 Å². The van der Waals surface area contributed by atoms with Crippen LogP contribution in [0.15, 0.2) is 0 Å². The summed E-state index contributed by atoms with van der Waals surface area (Å²) < 4.78 is 33.5. The number of carbonyl (C=O) groups excluding carboxylic acids is 1. The molecule has 0 aliphatic heterocycles. The molecule has 0 rings (SSSR count). The SMILES string of the molecule is CCCCCCCCCCCCCCCCCCCCCCCCCCCCCCCCCCCC(=O)O[C@H](COCCCCCCCCCCCCCC)COP(=O)(O)OC[C@H](N)C(=O)O. The van der Waals surface area contributed by atoms with Gasteiger partial charge in [0.1, 0.15) is 12.1 Å². The van der Waals surface area contributed by atoms with Gasteiger partial charge in [0, 0.05) is 13.0 Å². The molecule has 0 spiro atoms.